The van der Waals surface area contributed by atoms with Crippen LogP contribution in [0.2, 0.25) is 0 Å². The molecule has 1 aromatic heterocycles. The number of nitrogens with one attached hydrogen (secondary N) is 1. The molecule has 0 unspecified atom stereocenters. The summed E-state index contributed by atoms with van der Waals surface area (Å²) >= 11 is 0. The van der Waals surface area contributed by atoms with Crippen LogP contribution in [0.3, 0.4) is 0 Å². The van der Waals surface area contributed by atoms with Crippen LogP contribution in [0.4, 0.5) is 0 Å². The lowest BCUT2D eigenvalue weighted by Crippen LogP contribution is -2.28. The third-order valence-electron chi connectivity index (χ3n) is 2.90. The zero-order valence-corrected chi connectivity index (χ0v) is 9.33. The minimum atomic E-state index is 0.735. The number of hydrogen-bond acceptors (Lipinski definition) is 4. The predicted octanol–water partition coefficient (Wildman–Crippen LogP) is 1.56. The number of piperidine rings is 1. The van der Waals surface area contributed by atoms with Crippen molar-refractivity contribution in [1.29, 1.82) is 0 Å². The Morgan fingerprint density at radius 2 is 2.20 bits per heavy atom. The molecule has 1 fully saturated rings. The van der Waals surface area contributed by atoms with Crippen LogP contribution < -0.4 is 5.32 Å². The first-order chi connectivity index (χ1) is 7.38. The van der Waals surface area contributed by atoms with E-state index in [9.17, 15) is 0 Å². The van der Waals surface area contributed by atoms with E-state index in [0.29, 0.717) is 0 Å². The smallest absolute Gasteiger partial charge is 0.226 e. The van der Waals surface area contributed by atoms with Crippen LogP contribution >= 0.6 is 0 Å². The summed E-state index contributed by atoms with van der Waals surface area (Å²) in [6.07, 6.45) is 5.42. The molecule has 1 saturated heterocycles. The fourth-order valence-corrected chi connectivity index (χ4v) is 2.03. The number of rotatable bonds is 4. The Labute approximate surface area is 90.4 Å². The largest absolute Gasteiger partial charge is 0.339 e. The lowest BCUT2D eigenvalue weighted by atomic mass is 9.94. The quantitative estimate of drug-likeness (QED) is 0.817. The summed E-state index contributed by atoms with van der Waals surface area (Å²) in [5.74, 6) is 2.42. The van der Waals surface area contributed by atoms with E-state index in [2.05, 4.69) is 22.4 Å². The molecular weight excluding hydrogens is 190 g/mol. The molecular formula is C11H19N3O. The van der Waals surface area contributed by atoms with Crippen molar-refractivity contribution in [2.24, 2.45) is 5.92 Å². The molecule has 0 spiro atoms. The van der Waals surface area contributed by atoms with Crippen molar-refractivity contribution >= 4 is 0 Å². The summed E-state index contributed by atoms with van der Waals surface area (Å²) in [5, 5.41) is 7.38. The van der Waals surface area contributed by atoms with Gasteiger partial charge in [0.1, 0.15) is 0 Å². The Hall–Kier alpha value is -0.900. The van der Waals surface area contributed by atoms with E-state index >= 15 is 0 Å². The second-order valence-corrected chi connectivity index (χ2v) is 4.25. The molecule has 0 atom stereocenters. The minimum absolute atomic E-state index is 0.735. The summed E-state index contributed by atoms with van der Waals surface area (Å²) in [5.41, 5.74) is 0. The van der Waals surface area contributed by atoms with E-state index in [1.807, 2.05) is 0 Å². The highest BCUT2D eigenvalue weighted by atomic mass is 16.5. The highest BCUT2D eigenvalue weighted by Gasteiger charge is 2.16. The molecule has 0 radical (unpaired) electrons. The number of nitrogens with zero attached hydrogens (tertiary/aromatic N) is 2. The fraction of sp³-hybridized carbons (Fsp3) is 0.818. The van der Waals surface area contributed by atoms with Gasteiger partial charge in [-0.15, -0.1) is 0 Å². The Morgan fingerprint density at radius 3 is 2.93 bits per heavy atom. The topological polar surface area (TPSA) is 51.0 Å². The number of hydrogen-bond donors (Lipinski definition) is 1. The van der Waals surface area contributed by atoms with Gasteiger partial charge in [-0.3, -0.25) is 0 Å². The second kappa shape index (κ2) is 5.26. The van der Waals surface area contributed by atoms with Gasteiger partial charge in [-0.1, -0.05) is 12.1 Å². The SMILES string of the molecule is CCCc1nc(CC2CCNCC2)no1. The Kier molecular flexibility index (Phi) is 3.72. The zero-order chi connectivity index (χ0) is 10.5. The first-order valence-electron chi connectivity index (χ1n) is 5.90. The van der Waals surface area contributed by atoms with Crippen molar-refractivity contribution in [2.45, 2.75) is 39.0 Å². The fourth-order valence-electron chi connectivity index (χ4n) is 2.03. The van der Waals surface area contributed by atoms with Gasteiger partial charge in [0, 0.05) is 12.8 Å². The summed E-state index contributed by atoms with van der Waals surface area (Å²) in [4.78, 5) is 4.40. The minimum Gasteiger partial charge on any atom is -0.339 e. The molecule has 0 amide bonds. The maximum atomic E-state index is 5.17. The summed E-state index contributed by atoms with van der Waals surface area (Å²) in [6, 6.07) is 0. The normalized spacial score (nSPS) is 18.2. The molecule has 4 heteroatoms. The average molecular weight is 209 g/mol. The average Bonchev–Trinajstić information content (AvgIpc) is 2.68. The van der Waals surface area contributed by atoms with Crippen LogP contribution in [0.5, 0.6) is 0 Å². The maximum Gasteiger partial charge on any atom is 0.226 e. The summed E-state index contributed by atoms with van der Waals surface area (Å²) in [6.45, 7) is 4.38. The van der Waals surface area contributed by atoms with Crippen LogP contribution in [-0.2, 0) is 12.8 Å². The maximum absolute atomic E-state index is 5.17. The van der Waals surface area contributed by atoms with Gasteiger partial charge in [0.25, 0.3) is 0 Å². The van der Waals surface area contributed by atoms with Gasteiger partial charge in [0.15, 0.2) is 5.82 Å². The van der Waals surface area contributed by atoms with Crippen molar-refractivity contribution in [1.82, 2.24) is 15.5 Å². The molecule has 1 aliphatic heterocycles. The van der Waals surface area contributed by atoms with E-state index in [1.54, 1.807) is 0 Å². The van der Waals surface area contributed by atoms with E-state index < -0.39 is 0 Å². The molecule has 15 heavy (non-hydrogen) atoms. The molecule has 2 heterocycles. The second-order valence-electron chi connectivity index (χ2n) is 4.25. The van der Waals surface area contributed by atoms with Gasteiger partial charge in [-0.05, 0) is 38.3 Å². The molecule has 84 valence electrons. The molecule has 0 bridgehead atoms. The van der Waals surface area contributed by atoms with E-state index in [1.165, 1.54) is 12.8 Å². The highest BCUT2D eigenvalue weighted by molar-refractivity contribution is 4.89. The molecule has 0 aromatic carbocycles. The van der Waals surface area contributed by atoms with Crippen molar-refractivity contribution in [3.8, 4) is 0 Å². The molecule has 1 aromatic rings. The van der Waals surface area contributed by atoms with Crippen LogP contribution in [0.15, 0.2) is 4.52 Å². The zero-order valence-electron chi connectivity index (χ0n) is 9.33. The number of aromatic nitrogens is 2. The van der Waals surface area contributed by atoms with Gasteiger partial charge in [-0.2, -0.15) is 4.98 Å². The van der Waals surface area contributed by atoms with Crippen LogP contribution in [0, 0.1) is 5.92 Å². The van der Waals surface area contributed by atoms with Crippen molar-refractivity contribution in [3.63, 3.8) is 0 Å². The van der Waals surface area contributed by atoms with Crippen LogP contribution in [0.1, 0.15) is 37.9 Å². The molecule has 0 aliphatic carbocycles. The third-order valence-corrected chi connectivity index (χ3v) is 2.90. The highest BCUT2D eigenvalue weighted by Crippen LogP contribution is 2.16. The lowest BCUT2D eigenvalue weighted by molar-refractivity contribution is 0.347. The van der Waals surface area contributed by atoms with Crippen LogP contribution in [-0.4, -0.2) is 23.2 Å². The Bertz CT molecular complexity index is 292. The first-order valence-corrected chi connectivity index (χ1v) is 5.90. The van der Waals surface area contributed by atoms with Crippen LogP contribution in [0.25, 0.3) is 0 Å². The monoisotopic (exact) mass is 209 g/mol. The Morgan fingerprint density at radius 1 is 1.40 bits per heavy atom. The van der Waals surface area contributed by atoms with Crippen molar-refractivity contribution in [2.75, 3.05) is 13.1 Å². The van der Waals surface area contributed by atoms with Crippen molar-refractivity contribution < 1.29 is 4.52 Å². The molecule has 2 rings (SSSR count). The summed E-state index contributed by atoms with van der Waals surface area (Å²) in [7, 11) is 0. The number of aryl methyl sites for hydroxylation is 1. The van der Waals surface area contributed by atoms with E-state index in [0.717, 1.165) is 50.0 Å². The van der Waals surface area contributed by atoms with E-state index in [-0.39, 0.29) is 0 Å². The standard InChI is InChI=1S/C11H19N3O/c1-2-3-11-13-10(14-15-11)8-9-4-6-12-7-5-9/h9,12H,2-8H2,1H3. The van der Waals surface area contributed by atoms with Crippen molar-refractivity contribution in [3.05, 3.63) is 11.7 Å². The molecule has 1 aliphatic rings. The van der Waals surface area contributed by atoms with Gasteiger partial charge < -0.3 is 9.84 Å². The summed E-state index contributed by atoms with van der Waals surface area (Å²) < 4.78 is 5.17. The molecule has 4 nitrogen and oxygen atoms in total. The lowest BCUT2D eigenvalue weighted by Gasteiger charge is -2.20. The molecule has 1 N–H and O–H groups in total. The third kappa shape index (κ3) is 3.02. The van der Waals surface area contributed by atoms with E-state index in [4.69, 9.17) is 4.52 Å². The van der Waals surface area contributed by atoms with Gasteiger partial charge >= 0.3 is 0 Å². The molecule has 0 saturated carbocycles. The Balaban J connectivity index is 1.86. The first kappa shape index (κ1) is 10.6. The van der Waals surface area contributed by atoms with Gasteiger partial charge in [0.2, 0.25) is 5.89 Å². The predicted molar refractivity (Wildman–Crippen MR) is 57.6 cm³/mol. The van der Waals surface area contributed by atoms with Gasteiger partial charge in [0.05, 0.1) is 0 Å². The van der Waals surface area contributed by atoms with Gasteiger partial charge in [-0.25, -0.2) is 0 Å².